The summed E-state index contributed by atoms with van der Waals surface area (Å²) in [6, 6.07) is 0. The Bertz CT molecular complexity index is 174. The topological polar surface area (TPSA) is 0 Å². The molecule has 11 heavy (non-hydrogen) atoms. The van der Waals surface area contributed by atoms with E-state index in [0.717, 1.165) is 35.5 Å². The van der Waals surface area contributed by atoms with Gasteiger partial charge in [0.15, 0.2) is 0 Å². The molecular formula is C10H15Cl. The Labute approximate surface area is 73.3 Å². The summed E-state index contributed by atoms with van der Waals surface area (Å²) in [5.41, 5.74) is 0. The zero-order valence-electron chi connectivity index (χ0n) is 6.80. The highest BCUT2D eigenvalue weighted by Crippen LogP contribution is 2.61. The van der Waals surface area contributed by atoms with E-state index in [1.807, 2.05) is 0 Å². The molecule has 0 radical (unpaired) electrons. The van der Waals surface area contributed by atoms with Crippen molar-refractivity contribution < 1.29 is 0 Å². The van der Waals surface area contributed by atoms with Gasteiger partial charge < -0.3 is 0 Å². The maximum Gasteiger partial charge on any atom is 0.0257 e. The molecule has 4 aliphatic rings. The van der Waals surface area contributed by atoms with Crippen LogP contribution >= 0.6 is 11.6 Å². The van der Waals surface area contributed by atoms with Crippen LogP contribution in [0.25, 0.3) is 0 Å². The van der Waals surface area contributed by atoms with Gasteiger partial charge in [0.2, 0.25) is 0 Å². The number of rotatable bonds is 1. The summed E-state index contributed by atoms with van der Waals surface area (Å²) in [5.74, 6) is 6.16. The third-order valence-corrected chi connectivity index (χ3v) is 4.78. The highest BCUT2D eigenvalue weighted by molar-refractivity contribution is 6.18. The molecule has 0 aliphatic heterocycles. The molecule has 0 amide bonds. The SMILES string of the molecule is ClCC1C2CC3CC(C2)C1C3. The number of alkyl halides is 1. The van der Waals surface area contributed by atoms with Crippen LogP contribution in [-0.2, 0) is 0 Å². The summed E-state index contributed by atoms with van der Waals surface area (Å²) >= 11 is 5.99. The van der Waals surface area contributed by atoms with E-state index in [0.29, 0.717) is 0 Å². The lowest BCUT2D eigenvalue weighted by molar-refractivity contribution is 0.214. The van der Waals surface area contributed by atoms with Crippen molar-refractivity contribution in [3.05, 3.63) is 0 Å². The highest BCUT2D eigenvalue weighted by atomic mass is 35.5. The second-order valence-corrected chi connectivity index (χ2v) is 5.12. The van der Waals surface area contributed by atoms with Crippen LogP contribution in [0.4, 0.5) is 0 Å². The minimum absolute atomic E-state index is 0.917. The zero-order valence-corrected chi connectivity index (χ0v) is 7.56. The van der Waals surface area contributed by atoms with Crippen LogP contribution in [0.5, 0.6) is 0 Å². The largest absolute Gasteiger partial charge is 0.126 e. The molecule has 0 aromatic carbocycles. The van der Waals surface area contributed by atoms with E-state index >= 15 is 0 Å². The average Bonchev–Trinajstić information content (AvgIpc) is 2.40. The average molecular weight is 171 g/mol. The molecule has 4 bridgehead atoms. The molecule has 0 aromatic heterocycles. The van der Waals surface area contributed by atoms with Crippen molar-refractivity contribution in [2.24, 2.45) is 29.6 Å². The Balaban J connectivity index is 1.91. The van der Waals surface area contributed by atoms with Gasteiger partial charge in [-0.15, -0.1) is 11.6 Å². The normalized spacial score (nSPS) is 59.2. The van der Waals surface area contributed by atoms with Crippen molar-refractivity contribution >= 4 is 11.6 Å². The van der Waals surface area contributed by atoms with Gasteiger partial charge in [-0.2, -0.15) is 0 Å². The lowest BCUT2D eigenvalue weighted by Crippen LogP contribution is -2.23. The van der Waals surface area contributed by atoms with Crippen LogP contribution in [0.15, 0.2) is 0 Å². The molecule has 0 saturated heterocycles. The van der Waals surface area contributed by atoms with Gasteiger partial charge in [-0.05, 0) is 55.3 Å². The van der Waals surface area contributed by atoms with Gasteiger partial charge in [0.25, 0.3) is 0 Å². The number of hydrogen-bond acceptors (Lipinski definition) is 0. The van der Waals surface area contributed by atoms with E-state index in [9.17, 15) is 0 Å². The van der Waals surface area contributed by atoms with Gasteiger partial charge >= 0.3 is 0 Å². The third-order valence-electron chi connectivity index (χ3n) is 4.42. The van der Waals surface area contributed by atoms with Gasteiger partial charge in [0, 0.05) is 5.88 Å². The molecule has 5 atom stereocenters. The lowest BCUT2D eigenvalue weighted by Gasteiger charge is -2.30. The molecule has 4 fully saturated rings. The van der Waals surface area contributed by atoms with Gasteiger partial charge in [-0.25, -0.2) is 0 Å². The first kappa shape index (κ1) is 6.77. The second-order valence-electron chi connectivity index (χ2n) is 4.81. The van der Waals surface area contributed by atoms with Crippen molar-refractivity contribution in [1.29, 1.82) is 0 Å². The van der Waals surface area contributed by atoms with Crippen molar-refractivity contribution in [2.75, 3.05) is 5.88 Å². The molecule has 4 rings (SSSR count). The summed E-state index contributed by atoms with van der Waals surface area (Å²) in [5, 5.41) is 0. The Morgan fingerprint density at radius 2 is 1.82 bits per heavy atom. The quantitative estimate of drug-likeness (QED) is 0.531. The van der Waals surface area contributed by atoms with E-state index in [4.69, 9.17) is 11.6 Å². The predicted molar refractivity (Wildman–Crippen MR) is 46.6 cm³/mol. The van der Waals surface area contributed by atoms with Crippen LogP contribution in [0.2, 0.25) is 0 Å². The lowest BCUT2D eigenvalue weighted by atomic mass is 9.76. The van der Waals surface area contributed by atoms with Crippen LogP contribution in [0, 0.1) is 29.6 Å². The Hall–Kier alpha value is 0.290. The maximum atomic E-state index is 5.99. The molecule has 4 aliphatic carbocycles. The van der Waals surface area contributed by atoms with Crippen LogP contribution in [0.1, 0.15) is 25.7 Å². The molecule has 1 heteroatoms. The van der Waals surface area contributed by atoms with Gasteiger partial charge in [0.1, 0.15) is 0 Å². The Morgan fingerprint density at radius 1 is 1.00 bits per heavy atom. The summed E-state index contributed by atoms with van der Waals surface area (Å²) < 4.78 is 0. The second kappa shape index (κ2) is 2.16. The highest BCUT2D eigenvalue weighted by Gasteiger charge is 2.52. The monoisotopic (exact) mass is 170 g/mol. The van der Waals surface area contributed by atoms with Crippen LogP contribution in [-0.4, -0.2) is 5.88 Å². The maximum absolute atomic E-state index is 5.99. The molecule has 5 unspecified atom stereocenters. The van der Waals surface area contributed by atoms with Crippen molar-refractivity contribution in [1.82, 2.24) is 0 Å². The van der Waals surface area contributed by atoms with E-state index in [2.05, 4.69) is 0 Å². The van der Waals surface area contributed by atoms with Gasteiger partial charge in [-0.3, -0.25) is 0 Å². The van der Waals surface area contributed by atoms with E-state index in [-0.39, 0.29) is 0 Å². The first-order chi connectivity index (χ1) is 5.38. The summed E-state index contributed by atoms with van der Waals surface area (Å²) in [7, 11) is 0. The van der Waals surface area contributed by atoms with E-state index in [1.165, 1.54) is 19.3 Å². The fraction of sp³-hybridized carbons (Fsp3) is 1.00. The standard InChI is InChI=1S/C10H15Cl/c11-5-10-8-2-6-1-7(4-8)9(10)3-6/h6-10H,1-5H2. The third kappa shape index (κ3) is 0.771. The molecule has 0 heterocycles. The summed E-state index contributed by atoms with van der Waals surface area (Å²) in [6.07, 6.45) is 6.12. The molecule has 0 aromatic rings. The Kier molecular flexibility index (Phi) is 1.33. The van der Waals surface area contributed by atoms with Crippen LogP contribution in [0.3, 0.4) is 0 Å². The number of halogens is 1. The molecular weight excluding hydrogens is 156 g/mol. The zero-order chi connectivity index (χ0) is 7.42. The smallest absolute Gasteiger partial charge is 0.0257 e. The fourth-order valence-corrected chi connectivity index (χ4v) is 4.60. The van der Waals surface area contributed by atoms with Gasteiger partial charge in [-0.1, -0.05) is 0 Å². The van der Waals surface area contributed by atoms with E-state index in [1.54, 1.807) is 6.42 Å². The first-order valence-corrected chi connectivity index (χ1v) is 5.48. The predicted octanol–water partition coefficient (Wildman–Crippen LogP) is 2.91. The summed E-state index contributed by atoms with van der Waals surface area (Å²) in [6.45, 7) is 0. The van der Waals surface area contributed by atoms with Crippen molar-refractivity contribution in [3.8, 4) is 0 Å². The molecule has 0 N–H and O–H groups in total. The fourth-order valence-electron chi connectivity index (χ4n) is 4.12. The first-order valence-electron chi connectivity index (χ1n) is 4.94. The number of hydrogen-bond donors (Lipinski definition) is 0. The van der Waals surface area contributed by atoms with Crippen molar-refractivity contribution in [3.63, 3.8) is 0 Å². The molecule has 62 valence electrons. The van der Waals surface area contributed by atoms with Crippen molar-refractivity contribution in [2.45, 2.75) is 25.7 Å². The summed E-state index contributed by atoms with van der Waals surface area (Å²) in [4.78, 5) is 0. The molecule has 0 nitrogen and oxygen atoms in total. The molecule has 4 saturated carbocycles. The van der Waals surface area contributed by atoms with Gasteiger partial charge in [0.05, 0.1) is 0 Å². The molecule has 0 spiro atoms. The minimum atomic E-state index is 0.917. The Morgan fingerprint density at radius 3 is 2.55 bits per heavy atom. The minimum Gasteiger partial charge on any atom is -0.126 e. The van der Waals surface area contributed by atoms with E-state index < -0.39 is 0 Å². The van der Waals surface area contributed by atoms with Crippen LogP contribution < -0.4 is 0 Å².